The molecule has 0 saturated carbocycles. The summed E-state index contributed by atoms with van der Waals surface area (Å²) in [6, 6.07) is 8.45. The highest BCUT2D eigenvalue weighted by Crippen LogP contribution is 2.02. The highest BCUT2D eigenvalue weighted by atomic mass is 127. The normalized spacial score (nSPS) is 10.9. The number of nitrogens with one attached hydrogen (secondary N) is 2. The number of hydrogen-bond acceptors (Lipinski definition) is 2. The Kier molecular flexibility index (Phi) is 7.81. The van der Waals surface area contributed by atoms with E-state index in [0.29, 0.717) is 0 Å². The van der Waals surface area contributed by atoms with Gasteiger partial charge in [0.05, 0.1) is 6.33 Å². The Balaban J connectivity index is 0.00000220. The van der Waals surface area contributed by atoms with Crippen molar-refractivity contribution in [2.24, 2.45) is 4.99 Å². The van der Waals surface area contributed by atoms with Crippen LogP contribution in [0.3, 0.4) is 0 Å². The van der Waals surface area contributed by atoms with Crippen molar-refractivity contribution in [3.05, 3.63) is 54.1 Å². The van der Waals surface area contributed by atoms with Gasteiger partial charge in [-0.05, 0) is 12.5 Å². The number of aromatic nitrogens is 2. The average Bonchev–Trinajstić information content (AvgIpc) is 2.96. The van der Waals surface area contributed by atoms with E-state index in [9.17, 15) is 0 Å². The summed E-state index contributed by atoms with van der Waals surface area (Å²) in [7, 11) is 1.78. The van der Waals surface area contributed by atoms with Gasteiger partial charge in [-0.1, -0.05) is 29.8 Å². The van der Waals surface area contributed by atoms with E-state index in [1.54, 1.807) is 13.2 Å². The largest absolute Gasteiger partial charge is 0.355 e. The molecule has 114 valence electrons. The summed E-state index contributed by atoms with van der Waals surface area (Å²) in [6.07, 6.45) is 5.54. The van der Waals surface area contributed by atoms with Crippen LogP contribution in [0, 0.1) is 6.92 Å². The number of aryl methyl sites for hydroxylation is 1. The Labute approximate surface area is 142 Å². The van der Waals surface area contributed by atoms with Crippen LogP contribution in [0.1, 0.15) is 11.1 Å². The number of halogens is 1. The third-order valence-electron chi connectivity index (χ3n) is 2.99. The highest BCUT2D eigenvalue weighted by molar-refractivity contribution is 14.0. The Hall–Kier alpha value is -1.57. The fraction of sp³-hybridized carbons (Fsp3) is 0.333. The topological polar surface area (TPSA) is 54.2 Å². The van der Waals surface area contributed by atoms with Gasteiger partial charge in [0.15, 0.2) is 5.96 Å². The van der Waals surface area contributed by atoms with Gasteiger partial charge in [-0.3, -0.25) is 4.99 Å². The van der Waals surface area contributed by atoms with Crippen molar-refractivity contribution in [3.8, 4) is 0 Å². The van der Waals surface area contributed by atoms with Crippen molar-refractivity contribution in [1.82, 2.24) is 20.2 Å². The minimum Gasteiger partial charge on any atom is -0.355 e. The summed E-state index contributed by atoms with van der Waals surface area (Å²) in [5, 5.41) is 6.59. The predicted octanol–water partition coefficient (Wildman–Crippen LogP) is 2.17. The van der Waals surface area contributed by atoms with E-state index < -0.39 is 0 Å². The third-order valence-corrected chi connectivity index (χ3v) is 2.99. The third kappa shape index (κ3) is 6.16. The Bertz CT molecular complexity index is 551. The fourth-order valence-electron chi connectivity index (χ4n) is 1.95. The molecule has 0 aliphatic heterocycles. The second-order valence-corrected chi connectivity index (χ2v) is 4.64. The first-order valence-electron chi connectivity index (χ1n) is 6.74. The molecule has 2 aromatic rings. The monoisotopic (exact) mass is 399 g/mol. The molecule has 2 rings (SSSR count). The predicted molar refractivity (Wildman–Crippen MR) is 97.0 cm³/mol. The lowest BCUT2D eigenvalue weighted by molar-refractivity contribution is 0.661. The van der Waals surface area contributed by atoms with Gasteiger partial charge >= 0.3 is 0 Å². The van der Waals surface area contributed by atoms with Crippen molar-refractivity contribution in [1.29, 1.82) is 0 Å². The lowest BCUT2D eigenvalue weighted by Gasteiger charge is -2.12. The molecule has 0 bridgehead atoms. The van der Waals surface area contributed by atoms with E-state index in [0.717, 1.165) is 25.6 Å². The van der Waals surface area contributed by atoms with Gasteiger partial charge in [0, 0.05) is 39.1 Å². The summed E-state index contributed by atoms with van der Waals surface area (Å²) < 4.78 is 2.03. The quantitative estimate of drug-likeness (QED) is 0.461. The molecular weight excluding hydrogens is 377 g/mol. The van der Waals surface area contributed by atoms with Crippen molar-refractivity contribution in [2.45, 2.75) is 20.0 Å². The Morgan fingerprint density at radius 3 is 2.86 bits per heavy atom. The lowest BCUT2D eigenvalue weighted by atomic mass is 10.1. The lowest BCUT2D eigenvalue weighted by Crippen LogP contribution is -2.38. The zero-order valence-corrected chi connectivity index (χ0v) is 14.7. The standard InChI is InChI=1S/C15H21N5.HI/c1-13-4-3-5-14(10-13)11-19-15(16-2)18-7-9-20-8-6-17-12-20;/h3-6,8,10,12H,7,9,11H2,1-2H3,(H2,16,18,19);1H. The maximum atomic E-state index is 4.21. The maximum absolute atomic E-state index is 4.21. The molecule has 0 amide bonds. The number of guanidine groups is 1. The summed E-state index contributed by atoms with van der Waals surface area (Å²) in [5.41, 5.74) is 2.52. The zero-order valence-electron chi connectivity index (χ0n) is 12.4. The molecule has 0 aliphatic carbocycles. The first kappa shape index (κ1) is 17.5. The smallest absolute Gasteiger partial charge is 0.191 e. The second-order valence-electron chi connectivity index (χ2n) is 4.64. The van der Waals surface area contributed by atoms with E-state index in [1.807, 2.05) is 17.1 Å². The molecule has 0 saturated heterocycles. The van der Waals surface area contributed by atoms with Crippen molar-refractivity contribution >= 4 is 29.9 Å². The average molecular weight is 399 g/mol. The molecule has 1 aromatic heterocycles. The zero-order chi connectivity index (χ0) is 14.2. The molecule has 0 radical (unpaired) electrons. The molecule has 0 unspecified atom stereocenters. The van der Waals surface area contributed by atoms with Gasteiger partial charge in [-0.25, -0.2) is 4.98 Å². The van der Waals surface area contributed by atoms with Gasteiger partial charge in [0.25, 0.3) is 0 Å². The molecule has 1 aromatic carbocycles. The van der Waals surface area contributed by atoms with Gasteiger partial charge in [-0.15, -0.1) is 24.0 Å². The second kappa shape index (κ2) is 9.38. The van der Waals surface area contributed by atoms with Gasteiger partial charge in [0.2, 0.25) is 0 Å². The van der Waals surface area contributed by atoms with Crippen LogP contribution < -0.4 is 10.6 Å². The van der Waals surface area contributed by atoms with Crippen LogP contribution in [0.4, 0.5) is 0 Å². The number of aliphatic imine (C=N–C) groups is 1. The first-order chi connectivity index (χ1) is 9.78. The summed E-state index contributed by atoms with van der Waals surface area (Å²) in [4.78, 5) is 8.23. The number of hydrogen-bond donors (Lipinski definition) is 2. The molecule has 2 N–H and O–H groups in total. The molecule has 5 nitrogen and oxygen atoms in total. The Morgan fingerprint density at radius 1 is 1.33 bits per heavy atom. The summed E-state index contributed by atoms with van der Waals surface area (Å²) in [6.45, 7) is 4.54. The molecule has 0 aliphatic rings. The van der Waals surface area contributed by atoms with Crippen LogP contribution in [0.5, 0.6) is 0 Å². The SMILES string of the molecule is CN=C(NCCn1ccnc1)NCc1cccc(C)c1.I. The van der Waals surface area contributed by atoms with E-state index in [1.165, 1.54) is 11.1 Å². The summed E-state index contributed by atoms with van der Waals surface area (Å²) in [5.74, 6) is 0.812. The van der Waals surface area contributed by atoms with Crippen LogP contribution >= 0.6 is 24.0 Å². The molecule has 6 heteroatoms. The number of imidazole rings is 1. The number of nitrogens with zero attached hydrogens (tertiary/aromatic N) is 3. The molecule has 0 fully saturated rings. The molecule has 0 atom stereocenters. The van der Waals surface area contributed by atoms with Gasteiger partial charge < -0.3 is 15.2 Å². The number of benzene rings is 1. The molecule has 21 heavy (non-hydrogen) atoms. The van der Waals surface area contributed by atoms with Crippen LogP contribution in [0.25, 0.3) is 0 Å². The fourth-order valence-corrected chi connectivity index (χ4v) is 1.95. The maximum Gasteiger partial charge on any atom is 0.191 e. The number of rotatable bonds is 5. The van der Waals surface area contributed by atoms with Crippen LogP contribution in [0.15, 0.2) is 48.0 Å². The molecular formula is C15H22IN5. The highest BCUT2D eigenvalue weighted by Gasteiger charge is 1.98. The van der Waals surface area contributed by atoms with E-state index >= 15 is 0 Å². The Morgan fingerprint density at radius 2 is 2.19 bits per heavy atom. The van der Waals surface area contributed by atoms with Crippen molar-refractivity contribution in [2.75, 3.05) is 13.6 Å². The van der Waals surface area contributed by atoms with Gasteiger partial charge in [0.1, 0.15) is 0 Å². The van der Waals surface area contributed by atoms with Crippen LogP contribution in [-0.4, -0.2) is 29.1 Å². The van der Waals surface area contributed by atoms with Crippen molar-refractivity contribution < 1.29 is 0 Å². The minimum atomic E-state index is 0. The van der Waals surface area contributed by atoms with E-state index in [-0.39, 0.29) is 24.0 Å². The van der Waals surface area contributed by atoms with Gasteiger partial charge in [-0.2, -0.15) is 0 Å². The van der Waals surface area contributed by atoms with Crippen LogP contribution in [-0.2, 0) is 13.1 Å². The minimum absolute atomic E-state index is 0. The molecule has 0 spiro atoms. The molecule has 1 heterocycles. The van der Waals surface area contributed by atoms with Crippen LogP contribution in [0.2, 0.25) is 0 Å². The van der Waals surface area contributed by atoms with E-state index in [2.05, 4.69) is 51.8 Å². The first-order valence-corrected chi connectivity index (χ1v) is 6.74. The summed E-state index contributed by atoms with van der Waals surface area (Å²) >= 11 is 0. The van der Waals surface area contributed by atoms with Crippen molar-refractivity contribution in [3.63, 3.8) is 0 Å². The van der Waals surface area contributed by atoms with E-state index in [4.69, 9.17) is 0 Å².